The SMILES string of the molecule is C#CC(C)(C)NCC(O)CC(=O)O. The van der Waals surface area contributed by atoms with Gasteiger partial charge in [0.25, 0.3) is 0 Å². The summed E-state index contributed by atoms with van der Waals surface area (Å²) in [6.07, 6.45) is 4.02. The molecule has 0 aliphatic heterocycles. The van der Waals surface area contributed by atoms with E-state index in [-0.39, 0.29) is 13.0 Å². The van der Waals surface area contributed by atoms with E-state index in [1.165, 1.54) is 0 Å². The second kappa shape index (κ2) is 4.85. The standard InChI is InChI=1S/C9H15NO3/c1-4-9(2,3)10-6-7(11)5-8(12)13/h1,7,10-11H,5-6H2,2-3H3,(H,12,13). The summed E-state index contributed by atoms with van der Waals surface area (Å²) in [4.78, 5) is 10.2. The fraction of sp³-hybridized carbons (Fsp3) is 0.667. The van der Waals surface area contributed by atoms with Gasteiger partial charge in [-0.05, 0) is 13.8 Å². The molecule has 0 aliphatic carbocycles. The topological polar surface area (TPSA) is 69.6 Å². The van der Waals surface area contributed by atoms with Gasteiger partial charge in [0.2, 0.25) is 0 Å². The number of aliphatic carboxylic acids is 1. The molecule has 4 nitrogen and oxygen atoms in total. The van der Waals surface area contributed by atoms with Crippen LogP contribution in [0, 0.1) is 12.3 Å². The van der Waals surface area contributed by atoms with E-state index in [2.05, 4.69) is 11.2 Å². The van der Waals surface area contributed by atoms with E-state index in [0.717, 1.165) is 0 Å². The van der Waals surface area contributed by atoms with Gasteiger partial charge < -0.3 is 10.2 Å². The molecule has 0 amide bonds. The van der Waals surface area contributed by atoms with Crippen molar-refractivity contribution in [1.82, 2.24) is 5.32 Å². The van der Waals surface area contributed by atoms with Crippen molar-refractivity contribution >= 4 is 5.97 Å². The molecular weight excluding hydrogens is 170 g/mol. The molecule has 4 heteroatoms. The third kappa shape index (κ3) is 6.14. The Morgan fingerprint density at radius 1 is 1.69 bits per heavy atom. The van der Waals surface area contributed by atoms with E-state index in [1.54, 1.807) is 13.8 Å². The predicted molar refractivity (Wildman–Crippen MR) is 49.2 cm³/mol. The first kappa shape index (κ1) is 11.9. The van der Waals surface area contributed by atoms with E-state index in [0.29, 0.717) is 0 Å². The Balaban J connectivity index is 3.77. The van der Waals surface area contributed by atoms with Crippen LogP contribution in [-0.2, 0) is 4.79 Å². The lowest BCUT2D eigenvalue weighted by Gasteiger charge is -2.21. The number of hydrogen-bond donors (Lipinski definition) is 3. The van der Waals surface area contributed by atoms with Gasteiger partial charge in [0, 0.05) is 6.54 Å². The fourth-order valence-corrected chi connectivity index (χ4v) is 0.698. The molecule has 0 aliphatic rings. The van der Waals surface area contributed by atoms with Gasteiger partial charge in [-0.3, -0.25) is 10.1 Å². The maximum absolute atomic E-state index is 10.2. The zero-order valence-corrected chi connectivity index (χ0v) is 7.87. The van der Waals surface area contributed by atoms with Crippen LogP contribution in [0.1, 0.15) is 20.3 Å². The summed E-state index contributed by atoms with van der Waals surface area (Å²) < 4.78 is 0. The summed E-state index contributed by atoms with van der Waals surface area (Å²) in [5.74, 6) is 1.46. The van der Waals surface area contributed by atoms with Crippen LogP contribution >= 0.6 is 0 Å². The molecule has 1 unspecified atom stereocenters. The van der Waals surface area contributed by atoms with Gasteiger partial charge in [-0.15, -0.1) is 6.42 Å². The molecule has 74 valence electrons. The number of β-amino-alcohol motifs (C(OH)–C–C–N with tert-alkyl or cyclic N) is 1. The van der Waals surface area contributed by atoms with Crippen molar-refractivity contribution in [2.24, 2.45) is 0 Å². The largest absolute Gasteiger partial charge is 0.481 e. The van der Waals surface area contributed by atoms with Crippen LogP contribution in [0.15, 0.2) is 0 Å². The average Bonchev–Trinajstić information content (AvgIpc) is 2.00. The predicted octanol–water partition coefficient (Wildman–Crippen LogP) is -0.177. The molecule has 0 saturated heterocycles. The number of carboxylic acids is 1. The smallest absolute Gasteiger partial charge is 0.306 e. The van der Waals surface area contributed by atoms with Gasteiger partial charge in [0.05, 0.1) is 18.1 Å². The van der Waals surface area contributed by atoms with Gasteiger partial charge in [-0.1, -0.05) is 5.92 Å². The Morgan fingerprint density at radius 2 is 2.23 bits per heavy atom. The first-order valence-corrected chi connectivity index (χ1v) is 4.00. The zero-order valence-electron chi connectivity index (χ0n) is 7.87. The minimum absolute atomic E-state index is 0.184. The lowest BCUT2D eigenvalue weighted by atomic mass is 10.1. The first-order chi connectivity index (χ1) is 5.87. The first-order valence-electron chi connectivity index (χ1n) is 4.00. The number of aliphatic hydroxyl groups is 1. The van der Waals surface area contributed by atoms with Gasteiger partial charge in [-0.2, -0.15) is 0 Å². The number of hydrogen-bond acceptors (Lipinski definition) is 3. The number of carboxylic acid groups (broad SMARTS) is 1. The molecule has 0 fully saturated rings. The third-order valence-electron chi connectivity index (χ3n) is 1.55. The number of carbonyl (C=O) groups is 1. The van der Waals surface area contributed by atoms with E-state index in [4.69, 9.17) is 16.6 Å². The third-order valence-corrected chi connectivity index (χ3v) is 1.55. The van der Waals surface area contributed by atoms with Crippen LogP contribution < -0.4 is 5.32 Å². The molecule has 0 spiro atoms. The Kier molecular flexibility index (Phi) is 4.46. The molecule has 0 saturated carbocycles. The van der Waals surface area contributed by atoms with Crippen molar-refractivity contribution in [3.05, 3.63) is 0 Å². The van der Waals surface area contributed by atoms with Crippen molar-refractivity contribution in [1.29, 1.82) is 0 Å². The molecule has 0 bridgehead atoms. The highest BCUT2D eigenvalue weighted by atomic mass is 16.4. The van der Waals surface area contributed by atoms with E-state index in [9.17, 15) is 4.79 Å². The van der Waals surface area contributed by atoms with Crippen LogP contribution in [-0.4, -0.2) is 34.4 Å². The number of aliphatic hydroxyl groups excluding tert-OH is 1. The van der Waals surface area contributed by atoms with Crippen molar-refractivity contribution < 1.29 is 15.0 Å². The second-order valence-electron chi connectivity index (χ2n) is 3.40. The molecule has 0 aromatic rings. The summed E-state index contributed by atoms with van der Waals surface area (Å²) in [5.41, 5.74) is -0.514. The lowest BCUT2D eigenvalue weighted by Crippen LogP contribution is -2.42. The minimum Gasteiger partial charge on any atom is -0.481 e. The molecule has 0 aromatic carbocycles. The Labute approximate surface area is 78.0 Å². The number of rotatable bonds is 5. The second-order valence-corrected chi connectivity index (χ2v) is 3.40. The van der Waals surface area contributed by atoms with E-state index in [1.807, 2.05) is 0 Å². The van der Waals surface area contributed by atoms with Gasteiger partial charge in [0.15, 0.2) is 0 Å². The van der Waals surface area contributed by atoms with Crippen molar-refractivity contribution in [3.63, 3.8) is 0 Å². The Hall–Kier alpha value is -1.05. The maximum atomic E-state index is 10.2. The van der Waals surface area contributed by atoms with E-state index < -0.39 is 17.6 Å². The number of terminal acetylenes is 1. The van der Waals surface area contributed by atoms with Crippen LogP contribution in [0.2, 0.25) is 0 Å². The monoisotopic (exact) mass is 185 g/mol. The minimum atomic E-state index is -1.02. The van der Waals surface area contributed by atoms with Crippen LogP contribution in [0.3, 0.4) is 0 Å². The molecule has 0 heterocycles. The van der Waals surface area contributed by atoms with Crippen LogP contribution in [0.25, 0.3) is 0 Å². The zero-order chi connectivity index (χ0) is 10.5. The molecule has 0 rings (SSSR count). The van der Waals surface area contributed by atoms with Crippen LogP contribution in [0.4, 0.5) is 0 Å². The van der Waals surface area contributed by atoms with Gasteiger partial charge >= 0.3 is 5.97 Å². The normalized spacial score (nSPS) is 13.4. The number of nitrogens with one attached hydrogen (secondary N) is 1. The van der Waals surface area contributed by atoms with Gasteiger partial charge in [0.1, 0.15) is 0 Å². The molecule has 0 aromatic heterocycles. The van der Waals surface area contributed by atoms with Crippen LogP contribution in [0.5, 0.6) is 0 Å². The Bertz CT molecular complexity index is 217. The maximum Gasteiger partial charge on any atom is 0.306 e. The highest BCUT2D eigenvalue weighted by Crippen LogP contribution is 1.99. The summed E-state index contributed by atoms with van der Waals surface area (Å²) >= 11 is 0. The van der Waals surface area contributed by atoms with Crippen molar-refractivity contribution in [3.8, 4) is 12.3 Å². The molecule has 0 radical (unpaired) electrons. The molecule has 1 atom stereocenters. The van der Waals surface area contributed by atoms with E-state index >= 15 is 0 Å². The van der Waals surface area contributed by atoms with Crippen molar-refractivity contribution in [2.75, 3.05) is 6.54 Å². The summed E-state index contributed by atoms with van der Waals surface area (Å²) in [6, 6.07) is 0. The molecule has 3 N–H and O–H groups in total. The van der Waals surface area contributed by atoms with Crippen molar-refractivity contribution in [2.45, 2.75) is 31.9 Å². The molecule has 13 heavy (non-hydrogen) atoms. The summed E-state index contributed by atoms with van der Waals surface area (Å²) in [7, 11) is 0. The fourth-order valence-electron chi connectivity index (χ4n) is 0.698. The average molecular weight is 185 g/mol. The highest BCUT2D eigenvalue weighted by Gasteiger charge is 2.16. The lowest BCUT2D eigenvalue weighted by molar-refractivity contribution is -0.139. The molecular formula is C9H15NO3. The Morgan fingerprint density at radius 3 is 2.62 bits per heavy atom. The quantitative estimate of drug-likeness (QED) is 0.520. The summed E-state index contributed by atoms with van der Waals surface area (Å²) in [6.45, 7) is 3.74. The summed E-state index contributed by atoms with van der Waals surface area (Å²) in [5, 5.41) is 20.4. The highest BCUT2D eigenvalue weighted by molar-refractivity contribution is 5.67. The van der Waals surface area contributed by atoms with Gasteiger partial charge in [-0.25, -0.2) is 0 Å².